The van der Waals surface area contributed by atoms with E-state index in [1.807, 2.05) is 0 Å². The van der Waals surface area contributed by atoms with Crippen molar-refractivity contribution in [1.82, 2.24) is 9.38 Å². The number of hydrogen-bond acceptors (Lipinski definition) is 5. The third-order valence-corrected chi connectivity index (χ3v) is 7.98. The number of nitrogens with zero attached hydrogens (tertiary/aromatic N) is 3. The van der Waals surface area contributed by atoms with Gasteiger partial charge in [-0.15, -0.1) is 0 Å². The molecular formula is C23H28FN3O4S. The maximum atomic E-state index is 14.4. The van der Waals surface area contributed by atoms with E-state index in [1.54, 1.807) is 41.5 Å². The summed E-state index contributed by atoms with van der Waals surface area (Å²) in [7, 11) is -1.55. The minimum atomic E-state index is -1.55. The van der Waals surface area contributed by atoms with Gasteiger partial charge in [0.2, 0.25) is 0 Å². The summed E-state index contributed by atoms with van der Waals surface area (Å²) in [5.41, 5.74) is 0.877. The summed E-state index contributed by atoms with van der Waals surface area (Å²) in [5, 5.41) is 0. The molecule has 7 nitrogen and oxygen atoms in total. The number of carbonyl (C=O) groups excluding carboxylic acids is 1. The highest BCUT2D eigenvalue weighted by molar-refractivity contribution is 7.85. The van der Waals surface area contributed by atoms with Crippen molar-refractivity contribution in [3.63, 3.8) is 0 Å². The Balaban J connectivity index is 1.82. The van der Waals surface area contributed by atoms with Gasteiger partial charge in [0.15, 0.2) is 0 Å². The average Bonchev–Trinajstić information content (AvgIpc) is 2.62. The molecule has 2 aromatic heterocycles. The Morgan fingerprint density at radius 1 is 1.34 bits per heavy atom. The topological polar surface area (TPSA) is 90.1 Å². The fraction of sp³-hybridized carbons (Fsp3) is 0.565. The van der Waals surface area contributed by atoms with Crippen molar-refractivity contribution in [3.05, 3.63) is 45.3 Å². The van der Waals surface area contributed by atoms with Crippen LogP contribution in [0.5, 0.6) is 0 Å². The minimum Gasteiger partial charge on any atom is -0.466 e. The van der Waals surface area contributed by atoms with Gasteiger partial charge < -0.3 is 4.74 Å². The summed E-state index contributed by atoms with van der Waals surface area (Å²) in [6.45, 7) is 10.9. The second-order valence-electron chi connectivity index (χ2n) is 10.0. The van der Waals surface area contributed by atoms with Gasteiger partial charge >= 0.3 is 5.97 Å². The first kappa shape index (κ1) is 22.8. The molecule has 5 rings (SSSR count). The van der Waals surface area contributed by atoms with Crippen molar-refractivity contribution in [2.75, 3.05) is 6.61 Å². The molecule has 0 unspecified atom stereocenters. The molecule has 32 heavy (non-hydrogen) atoms. The van der Waals surface area contributed by atoms with Crippen LogP contribution in [0, 0.1) is 18.2 Å². The summed E-state index contributed by atoms with van der Waals surface area (Å²) < 4.78 is 37.0. The molecule has 3 aliphatic rings. The fourth-order valence-electron chi connectivity index (χ4n) is 4.93. The first-order chi connectivity index (χ1) is 14.8. The van der Waals surface area contributed by atoms with Crippen LogP contribution in [0.1, 0.15) is 70.7 Å². The van der Waals surface area contributed by atoms with Crippen molar-refractivity contribution >= 4 is 28.3 Å². The number of esters is 1. The van der Waals surface area contributed by atoms with E-state index >= 15 is 0 Å². The highest BCUT2D eigenvalue weighted by Crippen LogP contribution is 2.73. The molecule has 1 atom stereocenters. The number of hydrogen-bond donors (Lipinski definition) is 0. The largest absolute Gasteiger partial charge is 0.466 e. The highest BCUT2D eigenvalue weighted by Gasteiger charge is 2.74. The number of rotatable bonds is 5. The zero-order valence-corrected chi connectivity index (χ0v) is 20.1. The smallest absolute Gasteiger partial charge is 0.312 e. The summed E-state index contributed by atoms with van der Waals surface area (Å²) in [4.78, 5) is 30.2. The van der Waals surface area contributed by atoms with E-state index in [2.05, 4.69) is 4.40 Å². The Labute approximate surface area is 188 Å². The SMILES string of the molecule is CCOC(=O)C12CC(c3nc4c(/C(C)=N\[S@](=O)C(C)(C)C)cc(F)cn4c(=O)c3C)(C1)C2. The van der Waals surface area contributed by atoms with E-state index in [0.717, 1.165) is 6.20 Å². The van der Waals surface area contributed by atoms with E-state index in [0.29, 0.717) is 48.4 Å². The average molecular weight is 462 g/mol. The monoisotopic (exact) mass is 461 g/mol. The molecule has 172 valence electrons. The standard InChI is InChI=1S/C23H28FN3O4S/c1-7-31-20(29)23-10-22(11-23,12-23)17-13(2)19(28)27-9-15(24)8-16(18(27)25-17)14(3)26-32(30)21(4,5)6/h8-9H,7,10-12H2,1-6H3/b26-14-/t22?,23?,32-/m1/s1. The second kappa shape index (κ2) is 7.30. The molecule has 9 heteroatoms. The van der Waals surface area contributed by atoms with Crippen LogP contribution in [0.4, 0.5) is 4.39 Å². The maximum absolute atomic E-state index is 14.4. The third-order valence-electron chi connectivity index (χ3n) is 6.49. The van der Waals surface area contributed by atoms with E-state index in [4.69, 9.17) is 9.72 Å². The van der Waals surface area contributed by atoms with Crippen LogP contribution >= 0.6 is 0 Å². The number of pyridine rings is 1. The van der Waals surface area contributed by atoms with Gasteiger partial charge in [-0.1, -0.05) is 0 Å². The first-order valence-corrected chi connectivity index (χ1v) is 11.8. The van der Waals surface area contributed by atoms with Crippen molar-refractivity contribution < 1.29 is 18.1 Å². The lowest BCUT2D eigenvalue weighted by Crippen LogP contribution is -2.69. The summed E-state index contributed by atoms with van der Waals surface area (Å²) in [6.07, 6.45) is 2.90. The fourth-order valence-corrected chi connectivity index (χ4v) is 5.55. The molecule has 0 saturated heterocycles. The number of fused-ring (bicyclic) bond motifs is 1. The summed E-state index contributed by atoms with van der Waals surface area (Å²) in [5.74, 6) is -0.793. The first-order valence-electron chi connectivity index (χ1n) is 10.7. The normalized spacial score (nSPS) is 25.8. The molecule has 2 aromatic rings. The second-order valence-corrected chi connectivity index (χ2v) is 11.9. The van der Waals surface area contributed by atoms with Crippen molar-refractivity contribution in [2.45, 2.75) is 71.0 Å². The van der Waals surface area contributed by atoms with E-state index < -0.39 is 27.0 Å². The van der Waals surface area contributed by atoms with Gasteiger partial charge in [0.25, 0.3) is 5.56 Å². The van der Waals surface area contributed by atoms with Crippen LogP contribution in [0.3, 0.4) is 0 Å². The predicted octanol–water partition coefficient (Wildman–Crippen LogP) is 3.40. The van der Waals surface area contributed by atoms with E-state index in [1.165, 1.54) is 10.5 Å². The van der Waals surface area contributed by atoms with E-state index in [9.17, 15) is 18.2 Å². The molecule has 2 heterocycles. The molecule has 0 N–H and O–H groups in total. The van der Waals surface area contributed by atoms with Crippen LogP contribution in [-0.2, 0) is 25.9 Å². The summed E-state index contributed by atoms with van der Waals surface area (Å²) >= 11 is 0. The van der Waals surface area contributed by atoms with Gasteiger partial charge in [0.05, 0.1) is 28.2 Å². The third kappa shape index (κ3) is 3.32. The van der Waals surface area contributed by atoms with Crippen LogP contribution < -0.4 is 5.56 Å². The Morgan fingerprint density at radius 2 is 1.97 bits per heavy atom. The predicted molar refractivity (Wildman–Crippen MR) is 121 cm³/mol. The molecule has 0 radical (unpaired) electrons. The number of halogens is 1. The molecule has 0 aromatic carbocycles. The molecule has 3 saturated carbocycles. The van der Waals surface area contributed by atoms with Gasteiger partial charge in [-0.2, -0.15) is 4.40 Å². The lowest BCUT2D eigenvalue weighted by Gasteiger charge is -2.68. The van der Waals surface area contributed by atoms with Crippen LogP contribution in [-0.4, -0.2) is 36.6 Å². The lowest BCUT2D eigenvalue weighted by atomic mass is 9.34. The quantitative estimate of drug-likeness (QED) is 0.503. The van der Waals surface area contributed by atoms with Gasteiger partial charge in [0, 0.05) is 22.7 Å². The number of aromatic nitrogens is 2. The molecule has 0 aliphatic heterocycles. The maximum Gasteiger partial charge on any atom is 0.312 e. The van der Waals surface area contributed by atoms with Gasteiger partial charge in [-0.05, 0) is 66.9 Å². The van der Waals surface area contributed by atoms with Crippen molar-refractivity contribution in [3.8, 4) is 0 Å². The lowest BCUT2D eigenvalue weighted by molar-refractivity contribution is -0.201. The van der Waals surface area contributed by atoms with Crippen LogP contribution in [0.15, 0.2) is 21.5 Å². The molecule has 0 spiro atoms. The molecule has 3 aliphatic carbocycles. The van der Waals surface area contributed by atoms with Gasteiger partial charge in [-0.3, -0.25) is 14.0 Å². The van der Waals surface area contributed by atoms with Gasteiger partial charge in [0.1, 0.15) is 22.5 Å². The Bertz CT molecular complexity index is 1240. The summed E-state index contributed by atoms with van der Waals surface area (Å²) in [6, 6.07) is 1.27. The molecular weight excluding hydrogens is 433 g/mol. The number of ether oxygens (including phenoxy) is 1. The zero-order chi connectivity index (χ0) is 23.6. The highest BCUT2D eigenvalue weighted by atomic mass is 32.2. The van der Waals surface area contributed by atoms with Gasteiger partial charge in [-0.25, -0.2) is 13.6 Å². The molecule has 0 amide bonds. The van der Waals surface area contributed by atoms with Crippen LogP contribution in [0.2, 0.25) is 0 Å². The Morgan fingerprint density at radius 3 is 2.53 bits per heavy atom. The number of carbonyl (C=O) groups is 1. The van der Waals surface area contributed by atoms with E-state index in [-0.39, 0.29) is 22.6 Å². The Hall–Kier alpha value is -2.42. The minimum absolute atomic E-state index is 0.188. The molecule has 3 fully saturated rings. The van der Waals surface area contributed by atoms with Crippen LogP contribution in [0.25, 0.3) is 5.65 Å². The Kier molecular flexibility index (Phi) is 5.19. The molecule has 2 bridgehead atoms. The zero-order valence-electron chi connectivity index (χ0n) is 19.2. The van der Waals surface area contributed by atoms with Crippen molar-refractivity contribution in [1.29, 1.82) is 0 Å². The van der Waals surface area contributed by atoms with Crippen molar-refractivity contribution in [2.24, 2.45) is 9.81 Å².